The minimum Gasteiger partial charge on any atom is -0.482 e. The fraction of sp³-hybridized carbons (Fsp3) is 0.417. The molecule has 7 heteroatoms. The van der Waals surface area contributed by atoms with Crippen molar-refractivity contribution in [1.82, 2.24) is 10.6 Å². The number of nitrogens with one attached hydrogen (secondary N) is 2. The van der Waals surface area contributed by atoms with E-state index < -0.39 is 11.8 Å². The van der Waals surface area contributed by atoms with Crippen LogP contribution in [-0.4, -0.2) is 49.9 Å². The number of ether oxygens (including phenoxy) is 2. The van der Waals surface area contributed by atoms with Crippen LogP contribution in [0, 0.1) is 11.8 Å². The summed E-state index contributed by atoms with van der Waals surface area (Å²) >= 11 is 0. The van der Waals surface area contributed by atoms with Crippen molar-refractivity contribution in [3.05, 3.63) is 64.7 Å². The highest BCUT2D eigenvalue weighted by atomic mass is 19.1. The maximum absolute atomic E-state index is 14.6. The van der Waals surface area contributed by atoms with Gasteiger partial charge < -0.3 is 20.1 Å². The highest BCUT2D eigenvalue weighted by Gasteiger charge is 2.68. The lowest BCUT2D eigenvalue weighted by atomic mass is 9.85. The van der Waals surface area contributed by atoms with Crippen molar-refractivity contribution in [3.8, 4) is 5.75 Å². The van der Waals surface area contributed by atoms with Gasteiger partial charge in [0.05, 0.1) is 24.7 Å². The molecule has 0 aromatic heterocycles. The molecule has 0 radical (unpaired) electrons. The number of rotatable bonds is 4. The Bertz CT molecular complexity index is 1080. The first-order valence-electron chi connectivity index (χ1n) is 10.7. The molecule has 3 unspecified atom stereocenters. The molecule has 2 heterocycles. The third-order valence-electron chi connectivity index (χ3n) is 7.19. The van der Waals surface area contributed by atoms with Crippen molar-refractivity contribution in [2.75, 3.05) is 20.3 Å². The number of alkyl halides is 1. The molecule has 3 fully saturated rings. The second kappa shape index (κ2) is 6.53. The number of amides is 2. The third kappa shape index (κ3) is 2.72. The summed E-state index contributed by atoms with van der Waals surface area (Å²) in [5.41, 5.74) is 1.25. The maximum atomic E-state index is 14.6. The molecule has 2 aliphatic carbocycles. The van der Waals surface area contributed by atoms with Crippen molar-refractivity contribution < 1.29 is 23.5 Å². The molecule has 2 amide bonds. The lowest BCUT2D eigenvalue weighted by molar-refractivity contribution is 0.0928. The van der Waals surface area contributed by atoms with Crippen LogP contribution >= 0.6 is 0 Å². The molecular formula is C24H23FN2O4. The molecule has 6 atom stereocenters. The molecule has 4 aliphatic rings. The summed E-state index contributed by atoms with van der Waals surface area (Å²) in [4.78, 5) is 25.7. The van der Waals surface area contributed by atoms with E-state index in [-0.39, 0.29) is 35.8 Å². The zero-order valence-electron chi connectivity index (χ0n) is 17.1. The van der Waals surface area contributed by atoms with E-state index in [1.54, 1.807) is 12.1 Å². The predicted octanol–water partition coefficient (Wildman–Crippen LogP) is 2.43. The molecule has 2 N–H and O–H groups in total. The Morgan fingerprint density at radius 2 is 1.81 bits per heavy atom. The third-order valence-corrected chi connectivity index (χ3v) is 7.19. The summed E-state index contributed by atoms with van der Waals surface area (Å²) in [5.74, 6) is 0.166. The zero-order chi connectivity index (χ0) is 21.3. The molecule has 2 aliphatic heterocycles. The Balaban J connectivity index is 1.42. The van der Waals surface area contributed by atoms with Gasteiger partial charge in [-0.25, -0.2) is 4.39 Å². The molecule has 2 aromatic rings. The first kappa shape index (κ1) is 18.8. The zero-order valence-corrected chi connectivity index (χ0v) is 17.1. The summed E-state index contributed by atoms with van der Waals surface area (Å²) in [6.07, 6.45) is -0.854. The Morgan fingerprint density at radius 1 is 1.10 bits per heavy atom. The molecule has 1 saturated heterocycles. The average molecular weight is 422 g/mol. The monoisotopic (exact) mass is 422 g/mol. The van der Waals surface area contributed by atoms with Gasteiger partial charge in [0.25, 0.3) is 11.8 Å². The summed E-state index contributed by atoms with van der Waals surface area (Å²) in [6.45, 7) is 1.35. The van der Waals surface area contributed by atoms with Crippen molar-refractivity contribution in [2.24, 2.45) is 11.8 Å². The number of benzene rings is 2. The predicted molar refractivity (Wildman–Crippen MR) is 110 cm³/mol. The number of fused-ring (bicyclic) bond motifs is 2. The van der Waals surface area contributed by atoms with Crippen LogP contribution in [0.5, 0.6) is 5.75 Å². The molecule has 2 saturated carbocycles. The fourth-order valence-electron chi connectivity index (χ4n) is 5.35. The van der Waals surface area contributed by atoms with Gasteiger partial charge in [0.1, 0.15) is 11.9 Å². The summed E-state index contributed by atoms with van der Waals surface area (Å²) in [7, 11) is 1.53. The Hall–Kier alpha value is -2.93. The number of carbonyl (C=O) groups excluding carboxylic acids is 2. The highest BCUT2D eigenvalue weighted by Crippen LogP contribution is 2.62. The molecule has 1 spiro atoms. The van der Waals surface area contributed by atoms with Crippen LogP contribution in [0.25, 0.3) is 0 Å². The second-order valence-corrected chi connectivity index (χ2v) is 8.96. The lowest BCUT2D eigenvalue weighted by Crippen LogP contribution is -2.30. The minimum atomic E-state index is -1.12. The van der Waals surface area contributed by atoms with Gasteiger partial charge in [0.2, 0.25) is 0 Å². The summed E-state index contributed by atoms with van der Waals surface area (Å²) < 4.78 is 26.2. The van der Waals surface area contributed by atoms with Crippen molar-refractivity contribution in [3.63, 3.8) is 0 Å². The molecule has 6 rings (SSSR count). The Morgan fingerprint density at radius 3 is 2.45 bits per heavy atom. The van der Waals surface area contributed by atoms with Crippen molar-refractivity contribution in [1.29, 1.82) is 0 Å². The van der Waals surface area contributed by atoms with Crippen molar-refractivity contribution >= 4 is 11.8 Å². The van der Waals surface area contributed by atoms with Gasteiger partial charge in [-0.05, 0) is 17.7 Å². The summed E-state index contributed by atoms with van der Waals surface area (Å²) in [6, 6.07) is 13.0. The van der Waals surface area contributed by atoms with Crippen LogP contribution in [-0.2, 0) is 4.74 Å². The highest BCUT2D eigenvalue weighted by molar-refractivity contribution is 6.02. The number of halogens is 1. The number of carbonyl (C=O) groups is 2. The van der Waals surface area contributed by atoms with Crippen LogP contribution < -0.4 is 15.4 Å². The van der Waals surface area contributed by atoms with Gasteiger partial charge >= 0.3 is 0 Å². The summed E-state index contributed by atoms with van der Waals surface area (Å²) in [5, 5.41) is 5.70. The van der Waals surface area contributed by atoms with E-state index in [1.807, 2.05) is 30.3 Å². The average Bonchev–Trinajstić information content (AvgIpc) is 3.45. The Labute approximate surface area is 179 Å². The first-order chi connectivity index (χ1) is 15.0. The normalized spacial score (nSPS) is 33.9. The first-order valence-corrected chi connectivity index (χ1v) is 10.7. The molecule has 160 valence electrons. The molecular weight excluding hydrogens is 399 g/mol. The topological polar surface area (TPSA) is 76.7 Å². The van der Waals surface area contributed by atoms with Crippen molar-refractivity contribution in [2.45, 2.75) is 30.2 Å². The van der Waals surface area contributed by atoms with E-state index in [0.29, 0.717) is 41.9 Å². The van der Waals surface area contributed by atoms with Crippen LogP contribution in [0.15, 0.2) is 42.5 Å². The Kier molecular flexibility index (Phi) is 3.96. The van der Waals surface area contributed by atoms with E-state index in [9.17, 15) is 14.0 Å². The quantitative estimate of drug-likeness (QED) is 0.794. The van der Waals surface area contributed by atoms with E-state index in [1.165, 1.54) is 7.05 Å². The molecule has 31 heavy (non-hydrogen) atoms. The van der Waals surface area contributed by atoms with E-state index in [4.69, 9.17) is 9.47 Å². The van der Waals surface area contributed by atoms with Gasteiger partial charge in [-0.1, -0.05) is 30.3 Å². The molecule has 0 bridgehead atoms. The SMILES string of the molecule is CNC(=O)c1cc(C(=O)NC2[C@H]3COC[C@@H]23)cc2c1OC1(CC1F)[C@@H]2c1ccccc1. The molecule has 2 aromatic carbocycles. The van der Waals surface area contributed by atoms with E-state index in [2.05, 4.69) is 10.6 Å². The van der Waals surface area contributed by atoms with Gasteiger partial charge in [0.15, 0.2) is 5.60 Å². The second-order valence-electron chi connectivity index (χ2n) is 8.96. The number of hydrogen-bond donors (Lipinski definition) is 2. The van der Waals surface area contributed by atoms with Crippen LogP contribution in [0.3, 0.4) is 0 Å². The number of hydrogen-bond acceptors (Lipinski definition) is 4. The van der Waals surface area contributed by atoms with E-state index >= 15 is 0 Å². The van der Waals surface area contributed by atoms with Crippen LogP contribution in [0.2, 0.25) is 0 Å². The molecule has 6 nitrogen and oxygen atoms in total. The van der Waals surface area contributed by atoms with Gasteiger partial charge in [-0.3, -0.25) is 9.59 Å². The van der Waals surface area contributed by atoms with Crippen LogP contribution in [0.4, 0.5) is 4.39 Å². The van der Waals surface area contributed by atoms with Gasteiger partial charge in [-0.15, -0.1) is 0 Å². The lowest BCUT2D eigenvalue weighted by Gasteiger charge is -2.18. The van der Waals surface area contributed by atoms with Gasteiger partial charge in [-0.2, -0.15) is 0 Å². The largest absolute Gasteiger partial charge is 0.482 e. The van der Waals surface area contributed by atoms with Crippen LogP contribution in [0.1, 0.15) is 44.2 Å². The maximum Gasteiger partial charge on any atom is 0.254 e. The van der Waals surface area contributed by atoms with E-state index in [0.717, 1.165) is 5.56 Å². The standard InChI is InChI=1S/C24H23FN2O4/c1-26-23(29)15-8-13(22(28)27-20-16-10-30-11-17(16)20)7-14-19(12-5-3-2-4-6-12)24(9-18(24)25)31-21(14)15/h2-8,16-20H,9-11H2,1H3,(H,26,29)(H,27,28)/t16-,17+,18?,19-,20?,24?/m1/s1. The smallest absolute Gasteiger partial charge is 0.254 e. The fourth-order valence-corrected chi connectivity index (χ4v) is 5.35. The van der Waals surface area contributed by atoms with Gasteiger partial charge in [0, 0.05) is 42.5 Å². The minimum absolute atomic E-state index is 0.115.